The van der Waals surface area contributed by atoms with E-state index in [4.69, 9.17) is 14.2 Å². The molecule has 0 spiro atoms. The molecule has 8 heteroatoms. The monoisotopic (exact) mass is 424 g/mol. The van der Waals surface area contributed by atoms with Crippen LogP contribution in [0.5, 0.6) is 17.2 Å². The average Bonchev–Trinajstić information content (AvgIpc) is 2.71. The quantitative estimate of drug-likeness (QED) is 0.703. The van der Waals surface area contributed by atoms with Gasteiger partial charge in [-0.1, -0.05) is 12.1 Å². The van der Waals surface area contributed by atoms with E-state index >= 15 is 0 Å². The summed E-state index contributed by atoms with van der Waals surface area (Å²) >= 11 is 0. The second-order valence-corrected chi connectivity index (χ2v) is 6.82. The summed E-state index contributed by atoms with van der Waals surface area (Å²) in [6.07, 6.45) is 1.34. The fourth-order valence-electron chi connectivity index (χ4n) is 3.37. The van der Waals surface area contributed by atoms with Crippen LogP contribution in [0.1, 0.15) is 12.8 Å². The first-order valence-corrected chi connectivity index (χ1v) is 9.19. The Morgan fingerprint density at radius 2 is 1.79 bits per heavy atom. The highest BCUT2D eigenvalue weighted by atomic mass is 35.5. The molecule has 2 aromatic rings. The highest BCUT2D eigenvalue weighted by Crippen LogP contribution is 2.34. The Morgan fingerprint density at radius 3 is 2.41 bits per heavy atom. The minimum absolute atomic E-state index is 0. The molecule has 0 saturated carbocycles. The molecule has 1 saturated heterocycles. The van der Waals surface area contributed by atoms with E-state index in [0.717, 1.165) is 13.1 Å². The number of hydrogen-bond donors (Lipinski definition) is 2. The van der Waals surface area contributed by atoms with Gasteiger partial charge in [0.25, 0.3) is 0 Å². The van der Waals surface area contributed by atoms with Crippen molar-refractivity contribution in [2.24, 2.45) is 5.41 Å². The van der Waals surface area contributed by atoms with Crippen LogP contribution in [0, 0.1) is 11.2 Å². The predicted octanol–water partition coefficient (Wildman–Crippen LogP) is 4.00. The summed E-state index contributed by atoms with van der Waals surface area (Å²) in [5.74, 6) is 0.237. The van der Waals surface area contributed by atoms with Crippen molar-refractivity contribution < 1.29 is 23.4 Å². The van der Waals surface area contributed by atoms with Gasteiger partial charge in [-0.25, -0.2) is 4.39 Å². The molecular weight excluding hydrogens is 399 g/mol. The third-order valence-corrected chi connectivity index (χ3v) is 4.94. The van der Waals surface area contributed by atoms with Gasteiger partial charge in [-0.3, -0.25) is 4.79 Å². The lowest BCUT2D eigenvalue weighted by atomic mass is 9.78. The molecule has 6 nitrogen and oxygen atoms in total. The molecule has 1 amide bonds. The first-order valence-electron chi connectivity index (χ1n) is 9.19. The van der Waals surface area contributed by atoms with Crippen molar-refractivity contribution in [3.63, 3.8) is 0 Å². The number of amides is 1. The highest BCUT2D eigenvalue weighted by molar-refractivity contribution is 5.95. The lowest BCUT2D eigenvalue weighted by Gasteiger charge is -2.35. The lowest BCUT2D eigenvalue weighted by Crippen LogP contribution is -2.47. The van der Waals surface area contributed by atoms with Crippen LogP contribution in [0.3, 0.4) is 0 Å². The highest BCUT2D eigenvalue weighted by Gasteiger charge is 2.39. The van der Waals surface area contributed by atoms with Gasteiger partial charge in [0.2, 0.25) is 5.91 Å². The molecule has 1 aliphatic heterocycles. The molecule has 29 heavy (non-hydrogen) atoms. The number of carbonyl (C=O) groups is 1. The molecule has 0 unspecified atom stereocenters. The van der Waals surface area contributed by atoms with Gasteiger partial charge in [0, 0.05) is 18.9 Å². The largest absolute Gasteiger partial charge is 0.493 e. The number of para-hydroxylation sites is 2. The van der Waals surface area contributed by atoms with Gasteiger partial charge in [0.15, 0.2) is 23.1 Å². The number of methoxy groups -OCH3 is 2. The number of anilines is 1. The number of carbonyl (C=O) groups excluding carboxylic acids is 1. The van der Waals surface area contributed by atoms with Gasteiger partial charge in [0.1, 0.15) is 0 Å². The van der Waals surface area contributed by atoms with Crippen LogP contribution >= 0.6 is 12.4 Å². The Labute approximate surface area is 176 Å². The molecule has 1 aliphatic rings. The van der Waals surface area contributed by atoms with Crippen molar-refractivity contribution >= 4 is 24.0 Å². The van der Waals surface area contributed by atoms with Gasteiger partial charge in [0.05, 0.1) is 19.1 Å². The minimum Gasteiger partial charge on any atom is -0.493 e. The number of rotatable bonds is 7. The summed E-state index contributed by atoms with van der Waals surface area (Å²) in [4.78, 5) is 12.9. The molecule has 0 aliphatic carbocycles. The number of halogens is 2. The summed E-state index contributed by atoms with van der Waals surface area (Å²) in [6.45, 7) is 1.83. The lowest BCUT2D eigenvalue weighted by molar-refractivity contribution is -0.130. The van der Waals surface area contributed by atoms with Gasteiger partial charge in [-0.15, -0.1) is 12.4 Å². The van der Waals surface area contributed by atoms with Crippen molar-refractivity contribution in [2.45, 2.75) is 12.8 Å². The Kier molecular flexibility index (Phi) is 8.25. The van der Waals surface area contributed by atoms with Crippen LogP contribution in [0.25, 0.3) is 0 Å². The third-order valence-electron chi connectivity index (χ3n) is 4.94. The third kappa shape index (κ3) is 5.38. The Bertz CT molecular complexity index is 823. The number of benzene rings is 2. The van der Waals surface area contributed by atoms with Crippen molar-refractivity contribution in [3.8, 4) is 17.2 Å². The van der Waals surface area contributed by atoms with Crippen LogP contribution in [-0.4, -0.2) is 39.8 Å². The Hall–Kier alpha value is -2.35. The first kappa shape index (κ1) is 22.9. The van der Waals surface area contributed by atoms with Crippen LogP contribution in [0.15, 0.2) is 42.5 Å². The van der Waals surface area contributed by atoms with E-state index in [0.29, 0.717) is 36.6 Å². The SMILES string of the molecule is COCC1(C(=O)Nc2ccc(Oc3ccccc3OC)c(F)c2)CCNCC1.Cl. The van der Waals surface area contributed by atoms with Gasteiger partial charge in [-0.05, 0) is 50.2 Å². The summed E-state index contributed by atoms with van der Waals surface area (Å²) in [7, 11) is 3.11. The van der Waals surface area contributed by atoms with Crippen molar-refractivity contribution in [3.05, 3.63) is 48.3 Å². The van der Waals surface area contributed by atoms with Gasteiger partial charge < -0.3 is 24.8 Å². The summed E-state index contributed by atoms with van der Waals surface area (Å²) < 4.78 is 30.7. The molecule has 1 heterocycles. The van der Waals surface area contributed by atoms with Crippen molar-refractivity contribution in [1.82, 2.24) is 5.32 Å². The van der Waals surface area contributed by atoms with Crippen LogP contribution in [0.4, 0.5) is 10.1 Å². The van der Waals surface area contributed by atoms with E-state index in [1.807, 2.05) is 0 Å². The number of nitrogens with one attached hydrogen (secondary N) is 2. The summed E-state index contributed by atoms with van der Waals surface area (Å²) in [6, 6.07) is 11.4. The standard InChI is InChI=1S/C21H25FN2O4.ClH/c1-26-14-21(9-11-23-12-10-21)20(25)24-15-7-8-17(16(22)13-15)28-19-6-4-3-5-18(19)27-2;/h3-8,13,23H,9-12,14H2,1-2H3,(H,24,25);1H. The normalized spacial score (nSPS) is 15.1. The van der Waals surface area contributed by atoms with Crippen LogP contribution in [-0.2, 0) is 9.53 Å². The molecule has 158 valence electrons. The van der Waals surface area contributed by atoms with E-state index in [2.05, 4.69) is 10.6 Å². The Balaban J connectivity index is 0.00000300. The smallest absolute Gasteiger partial charge is 0.233 e. The zero-order valence-electron chi connectivity index (χ0n) is 16.5. The molecule has 1 fully saturated rings. The van der Waals surface area contributed by atoms with Crippen LogP contribution in [0.2, 0.25) is 0 Å². The fraction of sp³-hybridized carbons (Fsp3) is 0.381. The fourth-order valence-corrected chi connectivity index (χ4v) is 3.37. The maximum absolute atomic E-state index is 14.6. The average molecular weight is 425 g/mol. The van der Waals surface area contributed by atoms with E-state index in [9.17, 15) is 9.18 Å². The van der Waals surface area contributed by atoms with Crippen molar-refractivity contribution in [2.75, 3.05) is 39.2 Å². The molecule has 0 radical (unpaired) electrons. The molecule has 2 aromatic carbocycles. The topological polar surface area (TPSA) is 68.8 Å². The van der Waals surface area contributed by atoms with Crippen LogP contribution < -0.4 is 20.1 Å². The summed E-state index contributed by atoms with van der Waals surface area (Å²) in [5, 5.41) is 6.07. The molecule has 3 rings (SSSR count). The molecule has 2 N–H and O–H groups in total. The Morgan fingerprint density at radius 1 is 1.10 bits per heavy atom. The molecule has 0 aromatic heterocycles. The number of piperidine rings is 1. The van der Waals surface area contributed by atoms with Crippen molar-refractivity contribution in [1.29, 1.82) is 0 Å². The predicted molar refractivity (Wildman–Crippen MR) is 112 cm³/mol. The number of ether oxygens (including phenoxy) is 3. The molecule has 0 atom stereocenters. The first-order chi connectivity index (χ1) is 13.6. The van der Waals surface area contributed by atoms with E-state index < -0.39 is 11.2 Å². The molecule has 0 bridgehead atoms. The van der Waals surface area contributed by atoms with Gasteiger partial charge in [-0.2, -0.15) is 0 Å². The van der Waals surface area contributed by atoms with E-state index in [1.54, 1.807) is 37.4 Å². The maximum atomic E-state index is 14.6. The molecular formula is C21H26ClFN2O4. The van der Waals surface area contributed by atoms with Gasteiger partial charge >= 0.3 is 0 Å². The zero-order valence-corrected chi connectivity index (χ0v) is 17.3. The zero-order chi connectivity index (χ0) is 20.0. The van der Waals surface area contributed by atoms with E-state index in [1.165, 1.54) is 19.2 Å². The summed E-state index contributed by atoms with van der Waals surface area (Å²) in [5.41, 5.74) is -0.229. The number of hydrogen-bond acceptors (Lipinski definition) is 5. The second kappa shape index (κ2) is 10.4. The second-order valence-electron chi connectivity index (χ2n) is 6.82. The van der Waals surface area contributed by atoms with E-state index in [-0.39, 0.29) is 24.1 Å². The minimum atomic E-state index is -0.608. The maximum Gasteiger partial charge on any atom is 0.233 e.